The van der Waals surface area contributed by atoms with E-state index in [1.807, 2.05) is 31.2 Å². The number of aryl methyl sites for hydroxylation is 1. The fourth-order valence-corrected chi connectivity index (χ4v) is 0.759. The van der Waals surface area contributed by atoms with E-state index in [0.717, 1.165) is 5.46 Å². The van der Waals surface area contributed by atoms with E-state index < -0.39 is 7.12 Å². The molecule has 0 spiro atoms. The Kier molecular flexibility index (Phi) is 2.09. The molecule has 0 fully saturated rings. The fraction of sp³-hybridized carbons (Fsp3) is 0.143. The van der Waals surface area contributed by atoms with Crippen LogP contribution in [0.1, 0.15) is 5.56 Å². The lowest BCUT2D eigenvalue weighted by Crippen LogP contribution is -2.29. The van der Waals surface area contributed by atoms with Gasteiger partial charge in [0.15, 0.2) is 0 Å². The standard InChI is InChI=1S/C7H9BO2/c1-6-2-4-7(5-3-6)8(9)10/h2-5,9-10H,1H3/p+2. The molecule has 1 aromatic carbocycles. The minimum Gasteiger partial charge on any atom is -0.470 e. The van der Waals surface area contributed by atoms with Crippen LogP contribution >= 0.6 is 0 Å². The number of benzene rings is 1. The Morgan fingerprint density at radius 2 is 1.60 bits per heavy atom. The molecule has 4 N–H and O–H groups in total. The lowest BCUT2D eigenvalue weighted by molar-refractivity contribution is 0.426. The first-order chi connectivity index (χ1) is 4.70. The smallest absolute Gasteiger partial charge is 0.470 e. The molecule has 0 saturated carbocycles. The van der Waals surface area contributed by atoms with Crippen LogP contribution in [0.5, 0.6) is 0 Å². The SMILES string of the molecule is Cc1ccc(B([OH2+])[OH2+])cc1. The van der Waals surface area contributed by atoms with Gasteiger partial charge in [-0.05, 0) is 19.1 Å². The zero-order valence-electron chi connectivity index (χ0n) is 5.89. The van der Waals surface area contributed by atoms with Gasteiger partial charge >= 0.3 is 7.12 Å². The molecule has 1 aromatic rings. The van der Waals surface area contributed by atoms with Crippen LogP contribution in [0.3, 0.4) is 0 Å². The van der Waals surface area contributed by atoms with E-state index in [1.165, 1.54) is 5.56 Å². The van der Waals surface area contributed by atoms with Crippen molar-refractivity contribution in [3.63, 3.8) is 0 Å². The zero-order chi connectivity index (χ0) is 7.56. The Morgan fingerprint density at radius 1 is 1.10 bits per heavy atom. The van der Waals surface area contributed by atoms with E-state index in [4.69, 9.17) is 10.0 Å². The van der Waals surface area contributed by atoms with Crippen molar-refractivity contribution >= 4 is 12.6 Å². The number of hydrogen-bond acceptors (Lipinski definition) is 0. The lowest BCUT2D eigenvalue weighted by atomic mass is 9.80. The van der Waals surface area contributed by atoms with E-state index in [1.54, 1.807) is 0 Å². The summed E-state index contributed by atoms with van der Waals surface area (Å²) in [4.78, 5) is 0. The molecule has 10 heavy (non-hydrogen) atoms. The van der Waals surface area contributed by atoms with Gasteiger partial charge in [0.05, 0.1) is 0 Å². The first-order valence-electron chi connectivity index (χ1n) is 3.19. The second-order valence-electron chi connectivity index (χ2n) is 2.34. The molecular formula is C7H11BO2+2. The Labute approximate surface area is 60.3 Å². The molecule has 0 bridgehead atoms. The van der Waals surface area contributed by atoms with Crippen molar-refractivity contribution in [3.8, 4) is 0 Å². The third kappa shape index (κ3) is 1.59. The van der Waals surface area contributed by atoms with E-state index in [9.17, 15) is 0 Å². The number of hydrogen-bond donors (Lipinski definition) is 0. The Balaban J connectivity index is 2.89. The second kappa shape index (κ2) is 2.86. The van der Waals surface area contributed by atoms with Gasteiger partial charge in [-0.2, -0.15) is 0 Å². The third-order valence-corrected chi connectivity index (χ3v) is 1.41. The molecule has 0 unspecified atom stereocenters. The lowest BCUT2D eigenvalue weighted by Gasteiger charge is -1.89. The van der Waals surface area contributed by atoms with Gasteiger partial charge in [-0.1, -0.05) is 17.7 Å². The Bertz CT molecular complexity index is 205. The van der Waals surface area contributed by atoms with Crippen LogP contribution in [-0.4, -0.2) is 17.2 Å². The minimum absolute atomic E-state index is 0.755. The van der Waals surface area contributed by atoms with Crippen molar-refractivity contribution in [3.05, 3.63) is 29.8 Å². The summed E-state index contributed by atoms with van der Waals surface area (Å²) in [7, 11) is -0.847. The van der Waals surface area contributed by atoms with Crippen LogP contribution in [-0.2, 0) is 0 Å². The van der Waals surface area contributed by atoms with Gasteiger partial charge in [0.2, 0.25) is 0 Å². The van der Waals surface area contributed by atoms with Crippen LogP contribution in [0.2, 0.25) is 0 Å². The molecule has 0 heterocycles. The summed E-state index contributed by atoms with van der Waals surface area (Å²) in [6.45, 7) is 1.99. The molecule has 52 valence electrons. The van der Waals surface area contributed by atoms with Crippen LogP contribution in [0.15, 0.2) is 24.3 Å². The van der Waals surface area contributed by atoms with Crippen molar-refractivity contribution in [2.24, 2.45) is 0 Å². The largest absolute Gasteiger partial charge is 0.948 e. The van der Waals surface area contributed by atoms with Crippen molar-refractivity contribution in [1.82, 2.24) is 0 Å². The highest BCUT2D eigenvalue weighted by molar-refractivity contribution is 6.58. The molecular weight excluding hydrogens is 127 g/mol. The zero-order valence-corrected chi connectivity index (χ0v) is 5.89. The second-order valence-corrected chi connectivity index (χ2v) is 2.34. The molecule has 0 radical (unpaired) electrons. The molecule has 0 aromatic heterocycles. The summed E-state index contributed by atoms with van der Waals surface area (Å²) in [5.74, 6) is 0. The van der Waals surface area contributed by atoms with Gasteiger partial charge in [0.25, 0.3) is 0 Å². The third-order valence-electron chi connectivity index (χ3n) is 1.41. The van der Waals surface area contributed by atoms with Crippen molar-refractivity contribution in [2.75, 3.05) is 0 Å². The predicted octanol–water partition coefficient (Wildman–Crippen LogP) is -0.861. The summed E-state index contributed by atoms with van der Waals surface area (Å²) in [5, 5.41) is 14.1. The Morgan fingerprint density at radius 3 is 2.00 bits per heavy atom. The van der Waals surface area contributed by atoms with Gasteiger partial charge in [-0.25, -0.2) is 0 Å². The highest BCUT2D eigenvalue weighted by Crippen LogP contribution is 1.92. The summed E-state index contributed by atoms with van der Waals surface area (Å²) in [6, 6.07) is 7.48. The average molecular weight is 138 g/mol. The van der Waals surface area contributed by atoms with Crippen LogP contribution in [0.25, 0.3) is 0 Å². The fourth-order valence-electron chi connectivity index (χ4n) is 0.759. The topological polar surface area (TPSA) is 45.8 Å². The average Bonchev–Trinajstić information content (AvgIpc) is 1.88. The van der Waals surface area contributed by atoms with Crippen LogP contribution in [0, 0.1) is 6.92 Å². The molecule has 0 atom stereocenters. The monoisotopic (exact) mass is 138 g/mol. The molecule has 0 aliphatic carbocycles. The van der Waals surface area contributed by atoms with Crippen LogP contribution in [0.4, 0.5) is 0 Å². The maximum Gasteiger partial charge on any atom is 0.948 e. The van der Waals surface area contributed by atoms with E-state index in [-0.39, 0.29) is 0 Å². The highest BCUT2D eigenvalue weighted by Gasteiger charge is 2.32. The predicted molar refractivity (Wildman–Crippen MR) is 43.8 cm³/mol. The molecule has 0 aliphatic heterocycles. The van der Waals surface area contributed by atoms with E-state index in [2.05, 4.69) is 0 Å². The summed E-state index contributed by atoms with van der Waals surface area (Å²) in [5.41, 5.74) is 1.93. The minimum atomic E-state index is -0.847. The summed E-state index contributed by atoms with van der Waals surface area (Å²) >= 11 is 0. The van der Waals surface area contributed by atoms with Gasteiger partial charge in [-0.3, -0.25) is 0 Å². The van der Waals surface area contributed by atoms with Crippen LogP contribution < -0.4 is 5.46 Å². The summed E-state index contributed by atoms with van der Waals surface area (Å²) < 4.78 is 0. The molecule has 2 nitrogen and oxygen atoms in total. The molecule has 0 amide bonds. The van der Waals surface area contributed by atoms with Crippen molar-refractivity contribution in [1.29, 1.82) is 0 Å². The van der Waals surface area contributed by atoms with Crippen molar-refractivity contribution in [2.45, 2.75) is 6.92 Å². The van der Waals surface area contributed by atoms with Gasteiger partial charge in [0.1, 0.15) is 5.46 Å². The van der Waals surface area contributed by atoms with Gasteiger partial charge in [-0.15, -0.1) is 0 Å². The molecule has 0 aliphatic rings. The first kappa shape index (κ1) is 7.31. The van der Waals surface area contributed by atoms with Crippen molar-refractivity contribution < 1.29 is 10.0 Å². The molecule has 3 heteroatoms. The normalized spacial score (nSPS) is 9.50. The highest BCUT2D eigenvalue weighted by atomic mass is 16.4. The summed E-state index contributed by atoms with van der Waals surface area (Å²) in [6.07, 6.45) is 0. The molecule has 1 rings (SSSR count). The maximum absolute atomic E-state index is 7.06. The first-order valence-corrected chi connectivity index (χ1v) is 3.19. The maximum atomic E-state index is 7.06. The van der Waals surface area contributed by atoms with E-state index in [0.29, 0.717) is 0 Å². The Hall–Kier alpha value is -0.795. The van der Waals surface area contributed by atoms with E-state index >= 15 is 0 Å². The number of rotatable bonds is 1. The van der Waals surface area contributed by atoms with Gasteiger partial charge < -0.3 is 10.0 Å². The molecule has 0 saturated heterocycles. The van der Waals surface area contributed by atoms with Gasteiger partial charge in [0, 0.05) is 0 Å². The quantitative estimate of drug-likeness (QED) is 0.358.